The molecule has 7 nitrogen and oxygen atoms in total. The third kappa shape index (κ3) is 4.37. The first-order chi connectivity index (χ1) is 13.5. The number of benzene rings is 2. The molecule has 1 aromatic heterocycles. The number of nitrogens with one attached hydrogen (secondary N) is 3. The zero-order chi connectivity index (χ0) is 20.1. The standard InChI is InChI=1S/C21H23N5O2/c1-14-19(15(2)26(25-14)18-10-5-4-6-11-18)13-20(27)23-16-8-7-9-17(12-16)24-21(28)22-3/h4-12H,13H2,1-3H3,(H,23,27)(H2,22,24,28). The number of para-hydroxylation sites is 1. The van der Waals surface area contributed by atoms with Crippen LogP contribution < -0.4 is 16.0 Å². The van der Waals surface area contributed by atoms with Crippen molar-refractivity contribution in [3.63, 3.8) is 0 Å². The molecule has 0 radical (unpaired) electrons. The van der Waals surface area contributed by atoms with Crippen LogP contribution >= 0.6 is 0 Å². The first kappa shape index (κ1) is 19.2. The first-order valence-corrected chi connectivity index (χ1v) is 8.97. The number of urea groups is 1. The normalized spacial score (nSPS) is 10.4. The van der Waals surface area contributed by atoms with Gasteiger partial charge in [-0.05, 0) is 44.2 Å². The van der Waals surface area contributed by atoms with Crippen molar-refractivity contribution in [2.75, 3.05) is 17.7 Å². The van der Waals surface area contributed by atoms with Crippen molar-refractivity contribution in [1.29, 1.82) is 0 Å². The summed E-state index contributed by atoms with van der Waals surface area (Å²) < 4.78 is 1.85. The van der Waals surface area contributed by atoms with E-state index in [0.717, 1.165) is 22.6 Å². The third-order valence-corrected chi connectivity index (χ3v) is 4.41. The Hall–Kier alpha value is -3.61. The number of nitrogens with zero attached hydrogens (tertiary/aromatic N) is 2. The maximum absolute atomic E-state index is 12.6. The number of rotatable bonds is 5. The maximum Gasteiger partial charge on any atom is 0.318 e. The molecular formula is C21H23N5O2. The van der Waals surface area contributed by atoms with Gasteiger partial charge in [0.15, 0.2) is 0 Å². The highest BCUT2D eigenvalue weighted by Crippen LogP contribution is 2.20. The van der Waals surface area contributed by atoms with E-state index in [1.165, 1.54) is 0 Å². The lowest BCUT2D eigenvalue weighted by atomic mass is 10.1. The average Bonchev–Trinajstić information content (AvgIpc) is 2.97. The number of amides is 3. The molecule has 0 unspecified atom stereocenters. The molecular weight excluding hydrogens is 354 g/mol. The van der Waals surface area contributed by atoms with Gasteiger partial charge in [-0.25, -0.2) is 9.48 Å². The van der Waals surface area contributed by atoms with E-state index in [1.807, 2.05) is 48.9 Å². The average molecular weight is 377 g/mol. The summed E-state index contributed by atoms with van der Waals surface area (Å²) in [6.07, 6.45) is 0.220. The second-order valence-electron chi connectivity index (χ2n) is 6.41. The molecule has 3 aromatic rings. The van der Waals surface area contributed by atoms with Gasteiger partial charge in [0.05, 0.1) is 17.8 Å². The molecule has 2 aromatic carbocycles. The van der Waals surface area contributed by atoms with Crippen LogP contribution in [-0.2, 0) is 11.2 Å². The van der Waals surface area contributed by atoms with E-state index in [4.69, 9.17) is 0 Å². The van der Waals surface area contributed by atoms with Gasteiger partial charge in [-0.3, -0.25) is 4.79 Å². The highest BCUT2D eigenvalue weighted by Gasteiger charge is 2.16. The number of anilines is 2. The van der Waals surface area contributed by atoms with E-state index < -0.39 is 0 Å². The van der Waals surface area contributed by atoms with Crippen molar-refractivity contribution in [3.05, 3.63) is 71.5 Å². The summed E-state index contributed by atoms with van der Waals surface area (Å²) in [5.74, 6) is -0.143. The minimum absolute atomic E-state index is 0.143. The second-order valence-corrected chi connectivity index (χ2v) is 6.41. The van der Waals surface area contributed by atoms with Crippen molar-refractivity contribution in [3.8, 4) is 5.69 Å². The Kier molecular flexibility index (Phi) is 5.74. The summed E-state index contributed by atoms with van der Waals surface area (Å²) in [4.78, 5) is 24.0. The molecule has 0 aliphatic heterocycles. The van der Waals surface area contributed by atoms with Gasteiger partial charge in [-0.1, -0.05) is 24.3 Å². The summed E-state index contributed by atoms with van der Waals surface area (Å²) in [5.41, 5.74) is 4.84. The number of hydrogen-bond donors (Lipinski definition) is 3. The third-order valence-electron chi connectivity index (χ3n) is 4.41. The van der Waals surface area contributed by atoms with Crippen molar-refractivity contribution in [1.82, 2.24) is 15.1 Å². The van der Waals surface area contributed by atoms with Gasteiger partial charge in [0.25, 0.3) is 0 Å². The van der Waals surface area contributed by atoms with Crippen LogP contribution in [0.15, 0.2) is 54.6 Å². The quantitative estimate of drug-likeness (QED) is 0.637. The Bertz CT molecular complexity index is 995. The van der Waals surface area contributed by atoms with Gasteiger partial charge >= 0.3 is 6.03 Å². The van der Waals surface area contributed by atoms with E-state index in [2.05, 4.69) is 21.0 Å². The van der Waals surface area contributed by atoms with Crippen molar-refractivity contribution >= 4 is 23.3 Å². The molecule has 0 fully saturated rings. The topological polar surface area (TPSA) is 88.1 Å². The van der Waals surface area contributed by atoms with Gasteiger partial charge in [0.1, 0.15) is 0 Å². The molecule has 7 heteroatoms. The molecule has 0 saturated heterocycles. The molecule has 3 N–H and O–H groups in total. The Morgan fingerprint density at radius 1 is 0.964 bits per heavy atom. The molecule has 0 spiro atoms. The van der Waals surface area contributed by atoms with E-state index >= 15 is 0 Å². The molecule has 3 amide bonds. The molecule has 3 rings (SSSR count). The fourth-order valence-electron chi connectivity index (χ4n) is 2.99. The number of aryl methyl sites for hydroxylation is 1. The van der Waals surface area contributed by atoms with Gasteiger partial charge in [-0.15, -0.1) is 0 Å². The Morgan fingerprint density at radius 2 is 1.64 bits per heavy atom. The monoisotopic (exact) mass is 377 g/mol. The van der Waals surface area contributed by atoms with Crippen LogP contribution in [0.3, 0.4) is 0 Å². The number of hydrogen-bond acceptors (Lipinski definition) is 3. The predicted octanol–water partition coefficient (Wildman–Crippen LogP) is 3.42. The second kappa shape index (κ2) is 8.39. The van der Waals surface area contributed by atoms with E-state index in [1.54, 1.807) is 31.3 Å². The zero-order valence-corrected chi connectivity index (χ0v) is 16.1. The Labute approximate surface area is 163 Å². The van der Waals surface area contributed by atoms with E-state index in [0.29, 0.717) is 11.4 Å². The van der Waals surface area contributed by atoms with Gasteiger partial charge < -0.3 is 16.0 Å². The zero-order valence-electron chi connectivity index (χ0n) is 16.1. The molecule has 0 saturated carbocycles. The van der Waals surface area contributed by atoms with E-state index in [-0.39, 0.29) is 18.4 Å². The largest absolute Gasteiger partial charge is 0.341 e. The molecule has 144 valence electrons. The van der Waals surface area contributed by atoms with Gasteiger partial charge in [0.2, 0.25) is 5.91 Å². The summed E-state index contributed by atoms with van der Waals surface area (Å²) >= 11 is 0. The molecule has 0 aliphatic rings. The molecule has 0 bridgehead atoms. The minimum Gasteiger partial charge on any atom is -0.341 e. The van der Waals surface area contributed by atoms with Crippen LogP contribution in [0, 0.1) is 13.8 Å². The summed E-state index contributed by atoms with van der Waals surface area (Å²) in [6, 6.07) is 16.5. The fourth-order valence-corrected chi connectivity index (χ4v) is 2.99. The van der Waals surface area contributed by atoms with Gasteiger partial charge in [-0.2, -0.15) is 5.10 Å². The summed E-state index contributed by atoms with van der Waals surface area (Å²) in [7, 11) is 1.54. The number of carbonyl (C=O) groups excluding carboxylic acids is 2. The Balaban J connectivity index is 1.73. The Morgan fingerprint density at radius 3 is 2.32 bits per heavy atom. The van der Waals surface area contributed by atoms with E-state index in [9.17, 15) is 9.59 Å². The highest BCUT2D eigenvalue weighted by molar-refractivity contribution is 5.94. The van der Waals surface area contributed by atoms with Crippen molar-refractivity contribution in [2.24, 2.45) is 0 Å². The minimum atomic E-state index is -0.317. The maximum atomic E-state index is 12.6. The predicted molar refractivity (Wildman–Crippen MR) is 110 cm³/mol. The van der Waals surface area contributed by atoms with Crippen LogP contribution in [0.5, 0.6) is 0 Å². The van der Waals surface area contributed by atoms with Gasteiger partial charge in [0, 0.05) is 29.7 Å². The SMILES string of the molecule is CNC(=O)Nc1cccc(NC(=O)Cc2c(C)nn(-c3ccccc3)c2C)c1. The molecule has 1 heterocycles. The molecule has 0 aliphatic carbocycles. The van der Waals surface area contributed by atoms with Crippen molar-refractivity contribution < 1.29 is 9.59 Å². The van der Waals surface area contributed by atoms with Crippen LogP contribution in [0.1, 0.15) is 17.0 Å². The molecule has 0 atom stereocenters. The number of aromatic nitrogens is 2. The first-order valence-electron chi connectivity index (χ1n) is 8.97. The summed E-state index contributed by atoms with van der Waals surface area (Å²) in [5, 5.41) is 12.6. The van der Waals surface area contributed by atoms with Crippen LogP contribution in [0.2, 0.25) is 0 Å². The lowest BCUT2D eigenvalue weighted by Crippen LogP contribution is -2.24. The lowest BCUT2D eigenvalue weighted by Gasteiger charge is -2.09. The summed E-state index contributed by atoms with van der Waals surface area (Å²) in [6.45, 7) is 3.87. The van der Waals surface area contributed by atoms with Crippen molar-refractivity contribution in [2.45, 2.75) is 20.3 Å². The smallest absolute Gasteiger partial charge is 0.318 e. The van der Waals surface area contributed by atoms with Crippen LogP contribution in [0.25, 0.3) is 5.69 Å². The molecule has 28 heavy (non-hydrogen) atoms. The van der Waals surface area contributed by atoms with Crippen LogP contribution in [0.4, 0.5) is 16.2 Å². The number of carbonyl (C=O) groups is 2. The highest BCUT2D eigenvalue weighted by atomic mass is 16.2. The van der Waals surface area contributed by atoms with Crippen LogP contribution in [-0.4, -0.2) is 28.8 Å². The fraction of sp³-hybridized carbons (Fsp3) is 0.190. The lowest BCUT2D eigenvalue weighted by molar-refractivity contribution is -0.115.